The van der Waals surface area contributed by atoms with Crippen LogP contribution >= 0.6 is 11.8 Å². The van der Waals surface area contributed by atoms with Crippen LogP contribution < -0.4 is 10.6 Å². The van der Waals surface area contributed by atoms with Gasteiger partial charge in [0, 0.05) is 16.6 Å². The van der Waals surface area contributed by atoms with Crippen LogP contribution in [0.25, 0.3) is 0 Å². The molecule has 2 N–H and O–H groups in total. The molecular weight excluding hydrogens is 332 g/mol. The molecule has 0 radical (unpaired) electrons. The Labute approximate surface area is 153 Å². The van der Waals surface area contributed by atoms with E-state index in [0.717, 1.165) is 21.7 Å². The van der Waals surface area contributed by atoms with Crippen molar-refractivity contribution in [2.24, 2.45) is 0 Å². The van der Waals surface area contributed by atoms with Gasteiger partial charge in [-0.25, -0.2) is 0 Å². The zero-order chi connectivity index (χ0) is 18.4. The third kappa shape index (κ3) is 5.94. The summed E-state index contributed by atoms with van der Waals surface area (Å²) in [4.78, 5) is 25.3. The summed E-state index contributed by atoms with van der Waals surface area (Å²) >= 11 is 1.37. The highest BCUT2D eigenvalue weighted by Gasteiger charge is 2.13. The second kappa shape index (κ2) is 8.72. The number of carbonyl (C=O) groups is 2. The van der Waals surface area contributed by atoms with Gasteiger partial charge >= 0.3 is 0 Å². The SMILES string of the molecule is Cc1cc(C)cc(NC(=O)c2ccccc2SCC(=O)NC(C)C)c1. The van der Waals surface area contributed by atoms with Crippen LogP contribution in [-0.4, -0.2) is 23.6 Å². The lowest BCUT2D eigenvalue weighted by molar-refractivity contribution is -0.119. The van der Waals surface area contributed by atoms with Gasteiger partial charge in [-0.05, 0) is 63.1 Å². The lowest BCUT2D eigenvalue weighted by Crippen LogP contribution is -2.31. The smallest absolute Gasteiger partial charge is 0.256 e. The summed E-state index contributed by atoms with van der Waals surface area (Å²) in [7, 11) is 0. The van der Waals surface area contributed by atoms with Gasteiger partial charge in [0.05, 0.1) is 11.3 Å². The number of hydrogen-bond acceptors (Lipinski definition) is 3. The molecule has 0 saturated carbocycles. The van der Waals surface area contributed by atoms with Crippen molar-refractivity contribution in [2.45, 2.75) is 38.6 Å². The Morgan fingerprint density at radius 2 is 1.68 bits per heavy atom. The first-order chi connectivity index (χ1) is 11.8. The van der Waals surface area contributed by atoms with E-state index in [-0.39, 0.29) is 23.6 Å². The zero-order valence-corrected chi connectivity index (χ0v) is 15.9. The molecular formula is C20H24N2O2S. The van der Waals surface area contributed by atoms with E-state index < -0.39 is 0 Å². The highest BCUT2D eigenvalue weighted by Crippen LogP contribution is 2.24. The molecule has 0 aliphatic rings. The predicted molar refractivity (Wildman–Crippen MR) is 104 cm³/mol. The van der Waals surface area contributed by atoms with Crippen LogP contribution in [0.3, 0.4) is 0 Å². The van der Waals surface area contributed by atoms with Crippen molar-refractivity contribution in [3.8, 4) is 0 Å². The van der Waals surface area contributed by atoms with Gasteiger partial charge in [0.15, 0.2) is 0 Å². The van der Waals surface area contributed by atoms with Crippen LogP contribution in [0.15, 0.2) is 47.4 Å². The molecule has 25 heavy (non-hydrogen) atoms. The molecule has 0 saturated heterocycles. The van der Waals surface area contributed by atoms with E-state index >= 15 is 0 Å². The summed E-state index contributed by atoms with van der Waals surface area (Å²) < 4.78 is 0. The number of rotatable bonds is 6. The molecule has 132 valence electrons. The van der Waals surface area contributed by atoms with E-state index in [1.165, 1.54) is 11.8 Å². The maximum Gasteiger partial charge on any atom is 0.256 e. The van der Waals surface area contributed by atoms with Gasteiger partial charge in [-0.2, -0.15) is 0 Å². The van der Waals surface area contributed by atoms with Gasteiger partial charge < -0.3 is 10.6 Å². The highest BCUT2D eigenvalue weighted by molar-refractivity contribution is 8.00. The quantitative estimate of drug-likeness (QED) is 0.764. The maximum atomic E-state index is 12.7. The standard InChI is InChI=1S/C20H24N2O2S/c1-13(2)21-19(23)12-25-18-8-6-5-7-17(18)20(24)22-16-10-14(3)9-15(4)11-16/h5-11,13H,12H2,1-4H3,(H,21,23)(H,22,24). The van der Waals surface area contributed by atoms with Crippen molar-refractivity contribution in [3.63, 3.8) is 0 Å². The Kier molecular flexibility index (Phi) is 6.65. The van der Waals surface area contributed by atoms with E-state index in [1.807, 2.05) is 58.0 Å². The lowest BCUT2D eigenvalue weighted by Gasteiger charge is -2.12. The molecule has 2 rings (SSSR count). The average molecular weight is 356 g/mol. The van der Waals surface area contributed by atoms with Crippen LogP contribution in [0.4, 0.5) is 5.69 Å². The summed E-state index contributed by atoms with van der Waals surface area (Å²) in [5.41, 5.74) is 3.55. The first kappa shape index (κ1) is 19.1. The van der Waals surface area contributed by atoms with E-state index in [9.17, 15) is 9.59 Å². The van der Waals surface area contributed by atoms with Crippen molar-refractivity contribution in [2.75, 3.05) is 11.1 Å². The minimum atomic E-state index is -0.169. The molecule has 2 amide bonds. The van der Waals surface area contributed by atoms with Crippen LogP contribution in [0.2, 0.25) is 0 Å². The fourth-order valence-corrected chi connectivity index (χ4v) is 3.39. The van der Waals surface area contributed by atoms with Gasteiger partial charge in [-0.3, -0.25) is 9.59 Å². The third-order valence-electron chi connectivity index (χ3n) is 3.42. The number of carbonyl (C=O) groups excluding carboxylic acids is 2. The van der Waals surface area contributed by atoms with E-state index in [1.54, 1.807) is 6.07 Å². The zero-order valence-electron chi connectivity index (χ0n) is 15.1. The molecule has 2 aromatic rings. The molecule has 0 bridgehead atoms. The lowest BCUT2D eigenvalue weighted by atomic mass is 10.1. The van der Waals surface area contributed by atoms with Gasteiger partial charge in [0.25, 0.3) is 5.91 Å². The molecule has 0 unspecified atom stereocenters. The molecule has 0 aliphatic carbocycles. The summed E-state index contributed by atoms with van der Waals surface area (Å²) in [5, 5.41) is 5.80. The molecule has 0 fully saturated rings. The van der Waals surface area contributed by atoms with Crippen molar-refractivity contribution in [3.05, 3.63) is 59.2 Å². The Morgan fingerprint density at radius 3 is 2.32 bits per heavy atom. The second-order valence-corrected chi connectivity index (χ2v) is 7.35. The molecule has 0 aliphatic heterocycles. The number of benzene rings is 2. The van der Waals surface area contributed by atoms with Gasteiger partial charge in [0.2, 0.25) is 5.91 Å². The summed E-state index contributed by atoms with van der Waals surface area (Å²) in [6.07, 6.45) is 0. The minimum Gasteiger partial charge on any atom is -0.353 e. The Hall–Kier alpha value is -2.27. The number of aryl methyl sites for hydroxylation is 2. The normalized spacial score (nSPS) is 10.6. The van der Waals surface area contributed by atoms with Crippen molar-refractivity contribution < 1.29 is 9.59 Å². The third-order valence-corrected chi connectivity index (χ3v) is 4.49. The first-order valence-electron chi connectivity index (χ1n) is 8.26. The van der Waals surface area contributed by atoms with Gasteiger partial charge in [0.1, 0.15) is 0 Å². The molecule has 4 nitrogen and oxygen atoms in total. The van der Waals surface area contributed by atoms with Crippen molar-refractivity contribution in [1.29, 1.82) is 0 Å². The fraction of sp³-hybridized carbons (Fsp3) is 0.300. The van der Waals surface area contributed by atoms with E-state index in [4.69, 9.17) is 0 Å². The average Bonchev–Trinajstić information content (AvgIpc) is 2.51. The summed E-state index contributed by atoms with van der Waals surface area (Å²) in [6, 6.07) is 13.4. The Balaban J connectivity index is 2.10. The Bertz CT molecular complexity index is 752. The van der Waals surface area contributed by atoms with E-state index in [0.29, 0.717) is 5.56 Å². The van der Waals surface area contributed by atoms with E-state index in [2.05, 4.69) is 16.7 Å². The monoisotopic (exact) mass is 356 g/mol. The highest BCUT2D eigenvalue weighted by atomic mass is 32.2. The molecule has 2 aromatic carbocycles. The first-order valence-corrected chi connectivity index (χ1v) is 9.24. The summed E-state index contributed by atoms with van der Waals surface area (Å²) in [5.74, 6) is 0.0772. The molecule has 5 heteroatoms. The van der Waals surface area contributed by atoms with Gasteiger partial charge in [-0.15, -0.1) is 11.8 Å². The number of thioether (sulfide) groups is 1. The van der Waals surface area contributed by atoms with Gasteiger partial charge in [-0.1, -0.05) is 18.2 Å². The van der Waals surface area contributed by atoms with Crippen LogP contribution in [-0.2, 0) is 4.79 Å². The van der Waals surface area contributed by atoms with Crippen molar-refractivity contribution >= 4 is 29.3 Å². The maximum absolute atomic E-state index is 12.7. The van der Waals surface area contributed by atoms with Crippen LogP contribution in [0.5, 0.6) is 0 Å². The fourth-order valence-electron chi connectivity index (χ4n) is 2.53. The minimum absolute atomic E-state index is 0.0375. The molecule has 0 aromatic heterocycles. The predicted octanol–water partition coefficient (Wildman–Crippen LogP) is 4.17. The largest absolute Gasteiger partial charge is 0.353 e. The number of nitrogens with one attached hydrogen (secondary N) is 2. The molecule has 0 heterocycles. The Morgan fingerprint density at radius 1 is 1.04 bits per heavy atom. The number of amides is 2. The number of hydrogen-bond donors (Lipinski definition) is 2. The summed E-state index contributed by atoms with van der Waals surface area (Å²) in [6.45, 7) is 7.85. The van der Waals surface area contributed by atoms with Crippen molar-refractivity contribution in [1.82, 2.24) is 5.32 Å². The number of anilines is 1. The second-order valence-electron chi connectivity index (χ2n) is 6.34. The molecule has 0 atom stereocenters. The molecule has 0 spiro atoms. The van der Waals surface area contributed by atoms with Crippen LogP contribution in [0, 0.1) is 13.8 Å². The topological polar surface area (TPSA) is 58.2 Å². The van der Waals surface area contributed by atoms with Crippen LogP contribution in [0.1, 0.15) is 35.3 Å².